The van der Waals surface area contributed by atoms with Gasteiger partial charge in [0.25, 0.3) is 10.0 Å². The van der Waals surface area contributed by atoms with Crippen LogP contribution in [0, 0.1) is 5.92 Å². The minimum absolute atomic E-state index is 0.00533. The molecule has 0 atom stereocenters. The molecule has 0 amide bonds. The highest BCUT2D eigenvalue weighted by Crippen LogP contribution is 2.33. The van der Waals surface area contributed by atoms with Crippen molar-refractivity contribution >= 4 is 27.2 Å². The van der Waals surface area contributed by atoms with Crippen molar-refractivity contribution in [2.75, 3.05) is 0 Å². The first-order valence-electron chi connectivity index (χ1n) is 6.57. The maximum Gasteiger partial charge on any atom is 0.260 e. The van der Waals surface area contributed by atoms with Crippen molar-refractivity contribution in [3.63, 3.8) is 0 Å². The van der Waals surface area contributed by atoms with E-state index in [4.69, 9.17) is 18.0 Å². The third-order valence-corrected chi connectivity index (χ3v) is 5.70. The average molecular weight is 316 g/mol. The van der Waals surface area contributed by atoms with Crippen LogP contribution in [-0.2, 0) is 17.1 Å². The highest BCUT2D eigenvalue weighted by atomic mass is 32.2. The van der Waals surface area contributed by atoms with E-state index < -0.39 is 15.6 Å². The molecule has 1 aromatic rings. The summed E-state index contributed by atoms with van der Waals surface area (Å²) >= 11 is 5.11. The zero-order valence-electron chi connectivity index (χ0n) is 11.7. The van der Waals surface area contributed by atoms with Crippen molar-refractivity contribution in [3.8, 4) is 0 Å². The monoisotopic (exact) mass is 316 g/mol. The Bertz CT molecular complexity index is 601. The minimum atomic E-state index is -3.71. The molecule has 0 bridgehead atoms. The quantitative estimate of drug-likeness (QED) is 0.807. The molecule has 20 heavy (non-hydrogen) atoms. The molecule has 0 radical (unpaired) electrons. The molecule has 1 aromatic heterocycles. The maximum atomic E-state index is 12.4. The Kier molecular flexibility index (Phi) is 4.17. The zero-order valence-corrected chi connectivity index (χ0v) is 13.3. The first kappa shape index (κ1) is 15.4. The van der Waals surface area contributed by atoms with Gasteiger partial charge in [-0.05, 0) is 31.6 Å². The van der Waals surface area contributed by atoms with Crippen LogP contribution >= 0.6 is 12.2 Å². The molecule has 0 saturated heterocycles. The normalized spacial score (nSPS) is 27.4. The molecular formula is C12H20N4O2S2. The summed E-state index contributed by atoms with van der Waals surface area (Å²) in [7, 11) is -1.99. The smallest absolute Gasteiger partial charge is 0.260 e. The second kappa shape index (κ2) is 5.42. The lowest BCUT2D eigenvalue weighted by molar-refractivity contribution is 0.289. The molecule has 3 N–H and O–H groups in total. The van der Waals surface area contributed by atoms with Crippen LogP contribution < -0.4 is 10.5 Å². The summed E-state index contributed by atoms with van der Waals surface area (Å²) in [5.41, 5.74) is 5.00. The predicted octanol–water partition coefficient (Wildman–Crippen LogP) is 0.933. The fourth-order valence-electron chi connectivity index (χ4n) is 2.49. The Balaban J connectivity index is 2.27. The summed E-state index contributed by atoms with van der Waals surface area (Å²) < 4.78 is 29.1. The topological polar surface area (TPSA) is 90.0 Å². The third-order valence-electron chi connectivity index (χ3n) is 3.89. The number of nitrogens with two attached hydrogens (primary N) is 1. The second-order valence-electron chi connectivity index (χ2n) is 5.61. The van der Waals surface area contributed by atoms with Gasteiger partial charge >= 0.3 is 0 Å². The van der Waals surface area contributed by atoms with Gasteiger partial charge < -0.3 is 10.3 Å². The number of imidazole rings is 1. The molecule has 1 saturated carbocycles. The van der Waals surface area contributed by atoms with Gasteiger partial charge in [-0.3, -0.25) is 0 Å². The maximum absolute atomic E-state index is 12.4. The fourth-order valence-corrected chi connectivity index (χ4v) is 4.23. The molecule has 2 rings (SSSR count). The number of hydrogen-bond acceptors (Lipinski definition) is 4. The van der Waals surface area contributed by atoms with E-state index in [-0.39, 0.29) is 10.0 Å². The number of aromatic nitrogens is 2. The minimum Gasteiger partial charge on any atom is -0.392 e. The lowest BCUT2D eigenvalue weighted by Crippen LogP contribution is -2.58. The Morgan fingerprint density at radius 2 is 2.15 bits per heavy atom. The highest BCUT2D eigenvalue weighted by Gasteiger charge is 2.41. The van der Waals surface area contributed by atoms with Crippen LogP contribution in [0.4, 0.5) is 0 Å². The van der Waals surface area contributed by atoms with E-state index in [0.717, 1.165) is 12.8 Å². The largest absolute Gasteiger partial charge is 0.392 e. The van der Waals surface area contributed by atoms with Crippen molar-refractivity contribution in [1.29, 1.82) is 0 Å². The predicted molar refractivity (Wildman–Crippen MR) is 80.7 cm³/mol. The van der Waals surface area contributed by atoms with E-state index in [9.17, 15) is 8.42 Å². The second-order valence-corrected chi connectivity index (χ2v) is 7.68. The van der Waals surface area contributed by atoms with Crippen LogP contribution in [0.5, 0.6) is 0 Å². The summed E-state index contributed by atoms with van der Waals surface area (Å²) in [6.07, 6.45) is 5.99. The molecule has 0 unspecified atom stereocenters. The molecule has 0 aliphatic heterocycles. The lowest BCUT2D eigenvalue weighted by atomic mass is 9.78. The van der Waals surface area contributed by atoms with Gasteiger partial charge in [0.15, 0.2) is 5.03 Å². The molecule has 1 aliphatic carbocycles. The van der Waals surface area contributed by atoms with E-state index in [1.165, 1.54) is 12.5 Å². The molecule has 6 nitrogen and oxygen atoms in total. The third kappa shape index (κ3) is 3.02. The van der Waals surface area contributed by atoms with E-state index in [1.807, 2.05) is 0 Å². The van der Waals surface area contributed by atoms with Gasteiger partial charge in [-0.15, -0.1) is 0 Å². The Hall–Kier alpha value is -0.990. The van der Waals surface area contributed by atoms with E-state index in [0.29, 0.717) is 18.8 Å². The van der Waals surface area contributed by atoms with Crippen molar-refractivity contribution in [3.05, 3.63) is 12.5 Å². The molecule has 0 aromatic carbocycles. The number of aryl methyl sites for hydroxylation is 1. The van der Waals surface area contributed by atoms with Gasteiger partial charge in [0.05, 0.1) is 16.9 Å². The molecule has 1 aliphatic rings. The van der Waals surface area contributed by atoms with Crippen LogP contribution in [-0.4, -0.2) is 28.5 Å². The van der Waals surface area contributed by atoms with Gasteiger partial charge in [0.2, 0.25) is 0 Å². The van der Waals surface area contributed by atoms with Crippen molar-refractivity contribution in [2.45, 2.75) is 43.2 Å². The van der Waals surface area contributed by atoms with Gasteiger partial charge in [0.1, 0.15) is 0 Å². The van der Waals surface area contributed by atoms with Gasteiger partial charge in [-0.1, -0.05) is 19.1 Å². The summed E-state index contributed by atoms with van der Waals surface area (Å²) in [4.78, 5) is 4.10. The average Bonchev–Trinajstić information content (AvgIpc) is 2.79. The first-order valence-corrected chi connectivity index (χ1v) is 8.46. The van der Waals surface area contributed by atoms with Gasteiger partial charge in [-0.2, -0.15) is 4.72 Å². The number of nitrogens with one attached hydrogen (secondary N) is 1. The Labute approximate surface area is 124 Å². The summed E-state index contributed by atoms with van der Waals surface area (Å²) in [6, 6.07) is 0. The van der Waals surface area contributed by atoms with E-state index in [2.05, 4.69) is 16.6 Å². The van der Waals surface area contributed by atoms with Crippen molar-refractivity contribution in [2.24, 2.45) is 18.7 Å². The molecule has 1 heterocycles. The lowest BCUT2D eigenvalue weighted by Gasteiger charge is -2.38. The van der Waals surface area contributed by atoms with Crippen molar-refractivity contribution in [1.82, 2.24) is 14.3 Å². The molecule has 0 spiro atoms. The number of thiocarbonyl (C=S) groups is 1. The number of sulfonamides is 1. The van der Waals surface area contributed by atoms with Crippen LogP contribution in [0.3, 0.4) is 0 Å². The van der Waals surface area contributed by atoms with Crippen LogP contribution in [0.25, 0.3) is 0 Å². The van der Waals surface area contributed by atoms with E-state index >= 15 is 0 Å². The fraction of sp³-hybridized carbons (Fsp3) is 0.667. The Morgan fingerprint density at radius 1 is 1.55 bits per heavy atom. The molecule has 112 valence electrons. The number of nitrogens with zero attached hydrogens (tertiary/aromatic N) is 2. The molecule has 1 fully saturated rings. The summed E-state index contributed by atoms with van der Waals surface area (Å²) in [6.45, 7) is 2.15. The Morgan fingerprint density at radius 3 is 2.60 bits per heavy atom. The van der Waals surface area contributed by atoms with Crippen LogP contribution in [0.15, 0.2) is 17.6 Å². The van der Waals surface area contributed by atoms with Crippen LogP contribution in [0.1, 0.15) is 32.6 Å². The molecular weight excluding hydrogens is 296 g/mol. The standard InChI is InChI=1S/C12H20N4O2S2/c1-9-3-5-12(6-4-9,11(13)19)15-20(17,18)10-7-16(2)8-14-10/h7-9,15H,3-6H2,1-2H3,(H2,13,19). The zero-order chi connectivity index (χ0) is 15.0. The van der Waals surface area contributed by atoms with Crippen molar-refractivity contribution < 1.29 is 8.42 Å². The highest BCUT2D eigenvalue weighted by molar-refractivity contribution is 7.89. The SMILES string of the molecule is CC1CCC(NS(=O)(=O)c2cn(C)cn2)(C(N)=S)CC1. The van der Waals surface area contributed by atoms with Crippen LogP contribution in [0.2, 0.25) is 0 Å². The molecule has 8 heteroatoms. The van der Waals surface area contributed by atoms with Gasteiger partial charge in [0, 0.05) is 13.2 Å². The number of rotatable bonds is 4. The first-order chi connectivity index (χ1) is 9.25. The number of hydrogen-bond donors (Lipinski definition) is 2. The summed E-state index contributed by atoms with van der Waals surface area (Å²) in [5.74, 6) is 0.567. The van der Waals surface area contributed by atoms with Gasteiger partial charge in [-0.25, -0.2) is 13.4 Å². The van der Waals surface area contributed by atoms with E-state index in [1.54, 1.807) is 11.6 Å². The summed E-state index contributed by atoms with van der Waals surface area (Å²) in [5, 5.41) is -0.00533.